The van der Waals surface area contributed by atoms with Gasteiger partial charge in [-0.05, 0) is 12.8 Å². The Balaban J connectivity index is 1.52. The van der Waals surface area contributed by atoms with E-state index in [0.717, 1.165) is 57.9 Å². The van der Waals surface area contributed by atoms with E-state index in [1.165, 1.54) is 0 Å². The summed E-state index contributed by atoms with van der Waals surface area (Å²) < 4.78 is 0. The molecule has 120 valence electrons. The predicted molar refractivity (Wildman–Crippen MR) is 85.9 cm³/mol. The molecule has 3 heterocycles. The number of likely N-dealkylation sites (tertiary alicyclic amines) is 1. The summed E-state index contributed by atoms with van der Waals surface area (Å²) in [5, 5.41) is 0.356. The summed E-state index contributed by atoms with van der Waals surface area (Å²) in [6.07, 6.45) is 2.27. The first-order valence-corrected chi connectivity index (χ1v) is 8.05. The molecule has 7 nitrogen and oxygen atoms in total. The van der Waals surface area contributed by atoms with Crippen molar-refractivity contribution >= 4 is 29.3 Å². The number of carbonyl (C=O) groups excluding carboxylic acids is 1. The molecule has 8 heteroatoms. The van der Waals surface area contributed by atoms with Crippen LogP contribution in [0.1, 0.15) is 12.8 Å². The minimum atomic E-state index is 0.189. The number of carbonyl (C=O) groups is 1. The van der Waals surface area contributed by atoms with Gasteiger partial charge < -0.3 is 15.5 Å². The van der Waals surface area contributed by atoms with Crippen LogP contribution < -0.4 is 10.6 Å². The Morgan fingerprint density at radius 3 is 2.45 bits per heavy atom. The Hall–Kier alpha value is -1.60. The first kappa shape index (κ1) is 15.3. The van der Waals surface area contributed by atoms with Crippen LogP contribution >= 0.6 is 11.6 Å². The standard InChI is InChI=1S/C14H21ClN6O/c15-11-9-12(18-14(16)17-11)20-7-5-19(6-8-20)10-13(22)21-3-1-2-4-21/h9H,1-8,10H2,(H2,16,17,18). The van der Waals surface area contributed by atoms with Crippen LogP contribution in [0.3, 0.4) is 0 Å². The molecule has 2 N–H and O–H groups in total. The van der Waals surface area contributed by atoms with Gasteiger partial charge in [0.25, 0.3) is 0 Å². The molecule has 0 unspecified atom stereocenters. The van der Waals surface area contributed by atoms with Crippen molar-refractivity contribution in [3.05, 3.63) is 11.2 Å². The summed E-state index contributed by atoms with van der Waals surface area (Å²) in [5.41, 5.74) is 5.64. The van der Waals surface area contributed by atoms with E-state index in [4.69, 9.17) is 17.3 Å². The van der Waals surface area contributed by atoms with Crippen molar-refractivity contribution < 1.29 is 4.79 Å². The number of anilines is 2. The molecule has 0 saturated carbocycles. The summed E-state index contributed by atoms with van der Waals surface area (Å²) in [5.74, 6) is 1.19. The number of nitrogens with zero attached hydrogens (tertiary/aromatic N) is 5. The van der Waals surface area contributed by atoms with Gasteiger partial charge in [0.05, 0.1) is 6.54 Å². The van der Waals surface area contributed by atoms with E-state index in [0.29, 0.717) is 11.7 Å². The molecule has 3 rings (SSSR count). The lowest BCUT2D eigenvalue weighted by Crippen LogP contribution is -2.50. The number of halogens is 1. The van der Waals surface area contributed by atoms with Gasteiger partial charge >= 0.3 is 0 Å². The van der Waals surface area contributed by atoms with E-state index in [9.17, 15) is 4.79 Å². The molecule has 1 aromatic heterocycles. The van der Waals surface area contributed by atoms with Crippen molar-refractivity contribution in [1.29, 1.82) is 0 Å². The molecule has 1 amide bonds. The van der Waals surface area contributed by atoms with Crippen molar-refractivity contribution in [2.24, 2.45) is 0 Å². The smallest absolute Gasteiger partial charge is 0.236 e. The highest BCUT2D eigenvalue weighted by atomic mass is 35.5. The highest BCUT2D eigenvalue weighted by Gasteiger charge is 2.24. The molecule has 0 aromatic carbocycles. The third kappa shape index (κ3) is 3.59. The molecule has 0 aliphatic carbocycles. The Morgan fingerprint density at radius 1 is 1.14 bits per heavy atom. The Kier molecular flexibility index (Phi) is 4.63. The van der Waals surface area contributed by atoms with E-state index in [2.05, 4.69) is 19.8 Å². The third-order valence-corrected chi connectivity index (χ3v) is 4.41. The molecule has 2 aliphatic rings. The van der Waals surface area contributed by atoms with Gasteiger partial charge in [-0.1, -0.05) is 11.6 Å². The molecule has 1 aromatic rings. The van der Waals surface area contributed by atoms with Crippen LogP contribution in [0.5, 0.6) is 0 Å². The fourth-order valence-electron chi connectivity index (χ4n) is 2.98. The van der Waals surface area contributed by atoms with Crippen molar-refractivity contribution in [2.45, 2.75) is 12.8 Å². The zero-order valence-corrected chi connectivity index (χ0v) is 13.3. The number of piperazine rings is 1. The van der Waals surface area contributed by atoms with E-state index in [1.54, 1.807) is 6.07 Å². The number of aromatic nitrogens is 2. The van der Waals surface area contributed by atoms with Crippen molar-refractivity contribution in [3.8, 4) is 0 Å². The SMILES string of the molecule is Nc1nc(Cl)cc(N2CCN(CC(=O)N3CCCC3)CC2)n1. The van der Waals surface area contributed by atoms with Gasteiger partial charge in [0.15, 0.2) is 0 Å². The summed E-state index contributed by atoms with van der Waals surface area (Å²) in [7, 11) is 0. The number of hydrogen-bond donors (Lipinski definition) is 1. The van der Waals surface area contributed by atoms with Gasteiger partial charge in [-0.25, -0.2) is 4.98 Å². The van der Waals surface area contributed by atoms with Gasteiger partial charge in [0.2, 0.25) is 11.9 Å². The molecule has 2 saturated heterocycles. The number of nitrogens with two attached hydrogens (primary N) is 1. The molecule has 0 bridgehead atoms. The fraction of sp³-hybridized carbons (Fsp3) is 0.643. The topological polar surface area (TPSA) is 78.6 Å². The summed E-state index contributed by atoms with van der Waals surface area (Å²) >= 11 is 5.92. The first-order chi connectivity index (χ1) is 10.6. The monoisotopic (exact) mass is 324 g/mol. The molecular formula is C14H21ClN6O. The number of amides is 1. The average molecular weight is 325 g/mol. The minimum Gasteiger partial charge on any atom is -0.368 e. The molecule has 0 radical (unpaired) electrons. The fourth-order valence-corrected chi connectivity index (χ4v) is 3.16. The Morgan fingerprint density at radius 2 is 1.82 bits per heavy atom. The van der Waals surface area contributed by atoms with Gasteiger partial charge in [0, 0.05) is 45.3 Å². The number of nitrogen functional groups attached to an aromatic ring is 1. The molecule has 0 atom stereocenters. The molecular weight excluding hydrogens is 304 g/mol. The second-order valence-electron chi connectivity index (χ2n) is 5.76. The van der Waals surface area contributed by atoms with Crippen LogP contribution in [0.15, 0.2) is 6.07 Å². The maximum atomic E-state index is 12.2. The van der Waals surface area contributed by atoms with E-state index >= 15 is 0 Å². The number of rotatable bonds is 3. The van der Waals surface area contributed by atoms with Crippen molar-refractivity contribution in [1.82, 2.24) is 19.8 Å². The second-order valence-corrected chi connectivity index (χ2v) is 6.15. The first-order valence-electron chi connectivity index (χ1n) is 7.67. The largest absolute Gasteiger partial charge is 0.368 e. The second kappa shape index (κ2) is 6.66. The maximum Gasteiger partial charge on any atom is 0.236 e. The lowest BCUT2D eigenvalue weighted by atomic mass is 10.3. The van der Waals surface area contributed by atoms with Gasteiger partial charge in [-0.3, -0.25) is 9.69 Å². The molecule has 2 fully saturated rings. The summed E-state index contributed by atoms with van der Waals surface area (Å²) in [6.45, 7) is 5.62. The van der Waals surface area contributed by atoms with Gasteiger partial charge in [-0.15, -0.1) is 0 Å². The zero-order valence-electron chi connectivity index (χ0n) is 12.5. The lowest BCUT2D eigenvalue weighted by Gasteiger charge is -2.35. The van der Waals surface area contributed by atoms with Gasteiger partial charge in [-0.2, -0.15) is 4.98 Å². The highest BCUT2D eigenvalue weighted by molar-refractivity contribution is 6.29. The van der Waals surface area contributed by atoms with Crippen LogP contribution in [-0.4, -0.2) is 71.5 Å². The Labute approximate surface area is 135 Å². The normalized spacial score (nSPS) is 19.7. The molecule has 2 aliphatic heterocycles. The maximum absolute atomic E-state index is 12.2. The molecule has 0 spiro atoms. The van der Waals surface area contributed by atoms with E-state index in [-0.39, 0.29) is 11.9 Å². The molecule has 22 heavy (non-hydrogen) atoms. The quantitative estimate of drug-likeness (QED) is 0.814. The summed E-state index contributed by atoms with van der Waals surface area (Å²) in [4.78, 5) is 26.6. The minimum absolute atomic E-state index is 0.189. The van der Waals surface area contributed by atoms with E-state index in [1.807, 2.05) is 4.90 Å². The predicted octanol–water partition coefficient (Wildman–Crippen LogP) is 0.457. The van der Waals surface area contributed by atoms with Crippen LogP contribution in [0, 0.1) is 0 Å². The van der Waals surface area contributed by atoms with Crippen molar-refractivity contribution in [2.75, 3.05) is 56.4 Å². The van der Waals surface area contributed by atoms with Crippen LogP contribution in [-0.2, 0) is 4.79 Å². The van der Waals surface area contributed by atoms with Crippen LogP contribution in [0.4, 0.5) is 11.8 Å². The third-order valence-electron chi connectivity index (χ3n) is 4.21. The van der Waals surface area contributed by atoms with Gasteiger partial charge in [0.1, 0.15) is 11.0 Å². The summed E-state index contributed by atoms with van der Waals surface area (Å²) in [6, 6.07) is 1.73. The van der Waals surface area contributed by atoms with Crippen LogP contribution in [0.2, 0.25) is 5.15 Å². The number of hydrogen-bond acceptors (Lipinski definition) is 6. The zero-order chi connectivity index (χ0) is 15.5. The Bertz CT molecular complexity index is 520. The van der Waals surface area contributed by atoms with Crippen LogP contribution in [0.25, 0.3) is 0 Å². The van der Waals surface area contributed by atoms with E-state index < -0.39 is 0 Å². The highest BCUT2D eigenvalue weighted by Crippen LogP contribution is 2.18. The van der Waals surface area contributed by atoms with Crippen molar-refractivity contribution in [3.63, 3.8) is 0 Å². The average Bonchev–Trinajstić information content (AvgIpc) is 3.01. The lowest BCUT2D eigenvalue weighted by molar-refractivity contribution is -0.131.